The molecule has 3 rings (SSSR count). The Morgan fingerprint density at radius 2 is 2.42 bits per heavy atom. The quantitative estimate of drug-likeness (QED) is 0.908. The number of rotatable bonds is 5. The summed E-state index contributed by atoms with van der Waals surface area (Å²) in [5.41, 5.74) is 3.55. The fraction of sp³-hybridized carbons (Fsp3) is 0.389. The van der Waals surface area contributed by atoms with Crippen molar-refractivity contribution in [3.8, 4) is 6.07 Å². The summed E-state index contributed by atoms with van der Waals surface area (Å²) in [7, 11) is 0. The van der Waals surface area contributed by atoms with Gasteiger partial charge in [-0.3, -0.25) is 14.7 Å². The van der Waals surface area contributed by atoms with Crippen molar-refractivity contribution in [1.82, 2.24) is 15.2 Å². The normalized spacial score (nSPS) is 18.0. The van der Waals surface area contributed by atoms with Gasteiger partial charge in [0.1, 0.15) is 4.88 Å². The second-order valence-electron chi connectivity index (χ2n) is 6.13. The predicted octanol–water partition coefficient (Wildman–Crippen LogP) is 2.66. The van der Waals surface area contributed by atoms with E-state index in [9.17, 15) is 4.79 Å². The third-order valence-electron chi connectivity index (χ3n) is 4.27. The molecule has 0 radical (unpaired) electrons. The minimum atomic E-state index is -0.0312. The zero-order chi connectivity index (χ0) is 16.8. The van der Waals surface area contributed by atoms with Gasteiger partial charge in [-0.2, -0.15) is 5.26 Å². The summed E-state index contributed by atoms with van der Waals surface area (Å²) in [4.78, 5) is 19.0. The maximum absolute atomic E-state index is 12.0. The van der Waals surface area contributed by atoms with Gasteiger partial charge in [0, 0.05) is 19.6 Å². The molecule has 1 atom stereocenters. The maximum atomic E-state index is 12.0. The Hall–Kier alpha value is -2.23. The van der Waals surface area contributed by atoms with Gasteiger partial charge in [-0.25, -0.2) is 0 Å². The smallest absolute Gasteiger partial charge is 0.263 e. The molecule has 2 heterocycles. The molecule has 1 aromatic carbocycles. The predicted molar refractivity (Wildman–Crippen MR) is 93.6 cm³/mol. The van der Waals surface area contributed by atoms with Gasteiger partial charge in [0.2, 0.25) is 0 Å². The highest BCUT2D eigenvalue weighted by Gasteiger charge is 2.21. The Labute approximate surface area is 145 Å². The average Bonchev–Trinajstić information content (AvgIpc) is 3.15. The first-order valence-electron chi connectivity index (χ1n) is 8.12. The molecular weight excluding hydrogens is 320 g/mol. The Kier molecular flexibility index (Phi) is 5.57. The van der Waals surface area contributed by atoms with Gasteiger partial charge in [-0.05, 0) is 43.0 Å². The third-order valence-corrected chi connectivity index (χ3v) is 5.04. The highest BCUT2D eigenvalue weighted by molar-refractivity contribution is 7.11. The van der Waals surface area contributed by atoms with Gasteiger partial charge in [-0.1, -0.05) is 12.1 Å². The number of carbonyl (C=O) groups is 1. The number of benzene rings is 1. The Balaban J connectivity index is 1.51. The van der Waals surface area contributed by atoms with E-state index in [1.165, 1.54) is 16.9 Å². The second-order valence-corrected chi connectivity index (χ2v) is 7.02. The maximum Gasteiger partial charge on any atom is 0.263 e. The van der Waals surface area contributed by atoms with Crippen molar-refractivity contribution in [2.75, 3.05) is 19.6 Å². The standard InChI is InChI=1S/C18H20N4OS/c19-8-14-3-1-4-15(7-14)11-22-6-2-5-16(12-22)9-21-18(23)17-10-20-13-24-17/h1,3-4,7,10,13,16H,2,5-6,9,11-12H2,(H,21,23)/t16-/m0/s1. The van der Waals surface area contributed by atoms with E-state index in [4.69, 9.17) is 5.26 Å². The lowest BCUT2D eigenvalue weighted by Crippen LogP contribution is -2.40. The first-order valence-corrected chi connectivity index (χ1v) is 9.00. The summed E-state index contributed by atoms with van der Waals surface area (Å²) in [5, 5.41) is 12.0. The number of piperidine rings is 1. The highest BCUT2D eigenvalue weighted by atomic mass is 32.1. The zero-order valence-corrected chi connectivity index (χ0v) is 14.3. The molecule has 1 aliphatic heterocycles. The van der Waals surface area contributed by atoms with Gasteiger partial charge in [0.25, 0.3) is 5.91 Å². The average molecular weight is 340 g/mol. The Morgan fingerprint density at radius 3 is 3.21 bits per heavy atom. The monoisotopic (exact) mass is 340 g/mol. The van der Waals surface area contributed by atoms with Gasteiger partial charge < -0.3 is 5.32 Å². The van der Waals surface area contributed by atoms with Gasteiger partial charge in [0.05, 0.1) is 23.3 Å². The molecule has 1 aromatic heterocycles. The van der Waals surface area contributed by atoms with Crippen LogP contribution in [-0.2, 0) is 6.54 Å². The molecule has 5 nitrogen and oxygen atoms in total. The van der Waals surface area contributed by atoms with Crippen molar-refractivity contribution in [3.05, 3.63) is 52.0 Å². The number of likely N-dealkylation sites (tertiary alicyclic amines) is 1. The van der Waals surface area contributed by atoms with Crippen LogP contribution in [0.3, 0.4) is 0 Å². The minimum Gasteiger partial charge on any atom is -0.351 e. The van der Waals surface area contributed by atoms with E-state index in [-0.39, 0.29) is 5.91 Å². The molecule has 1 fully saturated rings. The summed E-state index contributed by atoms with van der Waals surface area (Å²) in [6.45, 7) is 3.59. The van der Waals surface area contributed by atoms with Crippen molar-refractivity contribution >= 4 is 17.2 Å². The molecule has 6 heteroatoms. The lowest BCUT2D eigenvalue weighted by Gasteiger charge is -2.32. The molecule has 1 N–H and O–H groups in total. The van der Waals surface area contributed by atoms with Crippen LogP contribution in [0.5, 0.6) is 0 Å². The molecule has 0 spiro atoms. The number of thiazole rings is 1. The number of nitrogens with zero attached hydrogens (tertiary/aromatic N) is 3. The number of aromatic nitrogens is 1. The van der Waals surface area contributed by atoms with Crippen molar-refractivity contribution < 1.29 is 4.79 Å². The summed E-state index contributed by atoms with van der Waals surface area (Å²) in [6.07, 6.45) is 3.88. The number of carbonyl (C=O) groups excluding carboxylic acids is 1. The summed E-state index contributed by atoms with van der Waals surface area (Å²) >= 11 is 1.36. The van der Waals surface area contributed by atoms with E-state index in [1.54, 1.807) is 11.7 Å². The number of nitrogens with one attached hydrogen (secondary N) is 1. The molecule has 124 valence electrons. The molecule has 1 aliphatic rings. The van der Waals surface area contributed by atoms with E-state index in [2.05, 4.69) is 27.3 Å². The van der Waals surface area contributed by atoms with Crippen molar-refractivity contribution in [2.45, 2.75) is 19.4 Å². The summed E-state index contributed by atoms with van der Waals surface area (Å²) < 4.78 is 0. The topological polar surface area (TPSA) is 69.0 Å². The van der Waals surface area contributed by atoms with E-state index in [0.29, 0.717) is 22.9 Å². The van der Waals surface area contributed by atoms with Crippen LogP contribution in [0, 0.1) is 17.2 Å². The number of hydrogen-bond donors (Lipinski definition) is 1. The molecule has 0 saturated carbocycles. The minimum absolute atomic E-state index is 0.0312. The van der Waals surface area contributed by atoms with Gasteiger partial charge in [-0.15, -0.1) is 11.3 Å². The van der Waals surface area contributed by atoms with Crippen LogP contribution in [0.2, 0.25) is 0 Å². The fourth-order valence-corrected chi connectivity index (χ4v) is 3.65. The summed E-state index contributed by atoms with van der Waals surface area (Å²) in [5.74, 6) is 0.436. The van der Waals surface area contributed by atoms with E-state index in [1.807, 2.05) is 18.2 Å². The van der Waals surface area contributed by atoms with Crippen LogP contribution in [0.15, 0.2) is 36.0 Å². The van der Waals surface area contributed by atoms with Crippen LogP contribution >= 0.6 is 11.3 Å². The van der Waals surface area contributed by atoms with Crippen molar-refractivity contribution in [1.29, 1.82) is 5.26 Å². The number of nitriles is 1. The fourth-order valence-electron chi connectivity index (χ4n) is 3.11. The highest BCUT2D eigenvalue weighted by Crippen LogP contribution is 2.19. The molecule has 0 aliphatic carbocycles. The van der Waals surface area contributed by atoms with Crippen LogP contribution in [0.4, 0.5) is 0 Å². The van der Waals surface area contributed by atoms with Crippen molar-refractivity contribution in [2.24, 2.45) is 5.92 Å². The Bertz CT molecular complexity index is 723. The number of amides is 1. The lowest BCUT2D eigenvalue weighted by molar-refractivity contribution is 0.0934. The number of hydrogen-bond acceptors (Lipinski definition) is 5. The van der Waals surface area contributed by atoms with E-state index in [0.717, 1.165) is 32.5 Å². The SMILES string of the molecule is N#Cc1cccc(CN2CCC[C@@H](CNC(=O)c3cncs3)C2)c1. The first-order chi connectivity index (χ1) is 11.7. The zero-order valence-electron chi connectivity index (χ0n) is 13.4. The van der Waals surface area contributed by atoms with Crippen LogP contribution in [0.25, 0.3) is 0 Å². The molecule has 2 aromatic rings. The molecule has 1 saturated heterocycles. The van der Waals surface area contributed by atoms with Crippen LogP contribution in [-0.4, -0.2) is 35.4 Å². The van der Waals surface area contributed by atoms with Gasteiger partial charge >= 0.3 is 0 Å². The third kappa shape index (κ3) is 4.40. The largest absolute Gasteiger partial charge is 0.351 e. The Morgan fingerprint density at radius 1 is 1.50 bits per heavy atom. The molecule has 24 heavy (non-hydrogen) atoms. The molecule has 0 bridgehead atoms. The summed E-state index contributed by atoms with van der Waals surface area (Å²) in [6, 6.07) is 9.97. The molecule has 0 unspecified atom stereocenters. The lowest BCUT2D eigenvalue weighted by atomic mass is 9.97. The van der Waals surface area contributed by atoms with E-state index >= 15 is 0 Å². The van der Waals surface area contributed by atoms with Crippen molar-refractivity contribution in [3.63, 3.8) is 0 Å². The molecule has 1 amide bonds. The van der Waals surface area contributed by atoms with Crippen LogP contribution in [0.1, 0.15) is 33.6 Å². The van der Waals surface area contributed by atoms with Gasteiger partial charge in [0.15, 0.2) is 0 Å². The second kappa shape index (κ2) is 8.04. The van der Waals surface area contributed by atoms with Crippen LogP contribution < -0.4 is 5.32 Å². The molecular formula is C18H20N4OS. The van der Waals surface area contributed by atoms with E-state index < -0.39 is 0 Å². The first kappa shape index (κ1) is 16.6.